The van der Waals surface area contributed by atoms with E-state index in [2.05, 4.69) is 0 Å². The molecular weight excluding hydrogens is 324 g/mol. The number of hydrogen-bond donors (Lipinski definition) is 1. The molecule has 2 heterocycles. The number of rotatable bonds is 3. The lowest BCUT2D eigenvalue weighted by Gasteiger charge is -2.38. The predicted molar refractivity (Wildman–Crippen MR) is 86.6 cm³/mol. The van der Waals surface area contributed by atoms with E-state index < -0.39 is 11.9 Å². The van der Waals surface area contributed by atoms with E-state index in [4.69, 9.17) is 4.42 Å². The van der Waals surface area contributed by atoms with Crippen molar-refractivity contribution in [1.29, 1.82) is 0 Å². The Labute approximate surface area is 145 Å². The quantitative estimate of drug-likeness (QED) is 0.891. The van der Waals surface area contributed by atoms with E-state index in [0.29, 0.717) is 31.9 Å². The van der Waals surface area contributed by atoms with Gasteiger partial charge in [0.2, 0.25) is 5.91 Å². The summed E-state index contributed by atoms with van der Waals surface area (Å²) in [7, 11) is 0. The number of furan rings is 1. The predicted octanol–water partition coefficient (Wildman–Crippen LogP) is 1.31. The van der Waals surface area contributed by atoms with Crippen LogP contribution in [0.2, 0.25) is 0 Å². The monoisotopic (exact) mass is 346 g/mol. The standard InChI is InChI=1S/C18H22N2O5/c21-16(13-2-1-9-25-13)19-5-7-20(8-6-19)17(22)14-11-3-4-12(10-11)15(14)18(23)24/h1-2,9,11-12,14-15H,3-8,10H2,(H,23,24). The second-order valence-corrected chi connectivity index (χ2v) is 7.32. The maximum Gasteiger partial charge on any atom is 0.307 e. The van der Waals surface area contributed by atoms with Gasteiger partial charge in [-0.3, -0.25) is 14.4 Å². The highest BCUT2D eigenvalue weighted by molar-refractivity contribution is 5.92. The smallest absolute Gasteiger partial charge is 0.307 e. The topological polar surface area (TPSA) is 91.1 Å². The number of fused-ring (bicyclic) bond motifs is 2. The molecular formula is C18H22N2O5. The number of carboxylic acid groups (broad SMARTS) is 1. The van der Waals surface area contributed by atoms with Gasteiger partial charge in [0, 0.05) is 26.2 Å². The first kappa shape index (κ1) is 16.2. The van der Waals surface area contributed by atoms with Gasteiger partial charge >= 0.3 is 5.97 Å². The number of piperazine rings is 1. The molecule has 7 nitrogen and oxygen atoms in total. The average molecular weight is 346 g/mol. The van der Waals surface area contributed by atoms with Crippen LogP contribution in [0.4, 0.5) is 0 Å². The van der Waals surface area contributed by atoms with Crippen molar-refractivity contribution in [3.63, 3.8) is 0 Å². The minimum absolute atomic E-state index is 0.0373. The van der Waals surface area contributed by atoms with E-state index in [1.54, 1.807) is 21.9 Å². The Bertz CT molecular complexity index is 678. The fraction of sp³-hybridized carbons (Fsp3) is 0.611. The third-order valence-electron chi connectivity index (χ3n) is 6.10. The lowest BCUT2D eigenvalue weighted by atomic mass is 9.78. The molecule has 2 amide bonds. The zero-order chi connectivity index (χ0) is 17.6. The molecule has 1 saturated heterocycles. The second kappa shape index (κ2) is 6.20. The maximum absolute atomic E-state index is 13.0. The number of hydrogen-bond acceptors (Lipinski definition) is 4. The fourth-order valence-corrected chi connectivity index (χ4v) is 4.90. The molecule has 4 unspecified atom stereocenters. The van der Waals surface area contributed by atoms with Crippen LogP contribution in [-0.4, -0.2) is 58.9 Å². The van der Waals surface area contributed by atoms with Crippen LogP contribution in [0.1, 0.15) is 29.8 Å². The van der Waals surface area contributed by atoms with Crippen LogP contribution in [0.15, 0.2) is 22.8 Å². The Morgan fingerprint density at radius 1 is 1.00 bits per heavy atom. The van der Waals surface area contributed by atoms with Gasteiger partial charge in [-0.25, -0.2) is 0 Å². The average Bonchev–Trinajstić information content (AvgIpc) is 3.36. The zero-order valence-corrected chi connectivity index (χ0v) is 14.0. The summed E-state index contributed by atoms with van der Waals surface area (Å²) in [6, 6.07) is 3.31. The Balaban J connectivity index is 1.40. The highest BCUT2D eigenvalue weighted by Gasteiger charge is 2.54. The lowest BCUT2D eigenvalue weighted by Crippen LogP contribution is -2.53. The van der Waals surface area contributed by atoms with Gasteiger partial charge in [0.1, 0.15) is 0 Å². The second-order valence-electron chi connectivity index (χ2n) is 7.32. The van der Waals surface area contributed by atoms with Crippen molar-refractivity contribution in [3.8, 4) is 0 Å². The first-order valence-corrected chi connectivity index (χ1v) is 8.90. The molecule has 4 rings (SSSR count). The fourth-order valence-electron chi connectivity index (χ4n) is 4.90. The van der Waals surface area contributed by atoms with Crippen LogP contribution in [0, 0.1) is 23.7 Å². The van der Waals surface area contributed by atoms with E-state index in [-0.39, 0.29) is 29.6 Å². The number of carbonyl (C=O) groups is 3. The number of amides is 2. The molecule has 1 aromatic heterocycles. The maximum atomic E-state index is 13.0. The molecule has 7 heteroatoms. The summed E-state index contributed by atoms with van der Waals surface area (Å²) in [6.07, 6.45) is 4.22. The summed E-state index contributed by atoms with van der Waals surface area (Å²) in [6.45, 7) is 1.80. The van der Waals surface area contributed by atoms with E-state index in [1.807, 2.05) is 0 Å². The van der Waals surface area contributed by atoms with E-state index in [1.165, 1.54) is 6.26 Å². The molecule has 3 aliphatic rings. The molecule has 3 fully saturated rings. The highest BCUT2D eigenvalue weighted by atomic mass is 16.4. The molecule has 2 aliphatic carbocycles. The normalized spacial score (nSPS) is 31.4. The molecule has 25 heavy (non-hydrogen) atoms. The van der Waals surface area contributed by atoms with Crippen LogP contribution < -0.4 is 0 Å². The largest absolute Gasteiger partial charge is 0.481 e. The van der Waals surface area contributed by atoms with Gasteiger partial charge in [-0.2, -0.15) is 0 Å². The third-order valence-corrected chi connectivity index (χ3v) is 6.10. The molecule has 1 aromatic rings. The highest BCUT2D eigenvalue weighted by Crippen LogP contribution is 2.53. The minimum atomic E-state index is -0.836. The van der Waals surface area contributed by atoms with Crippen LogP contribution in [0.25, 0.3) is 0 Å². The molecule has 2 saturated carbocycles. The Kier molecular flexibility index (Phi) is 4.01. The summed E-state index contributed by atoms with van der Waals surface area (Å²) in [5.74, 6) is -1.29. The number of aliphatic carboxylic acids is 1. The molecule has 0 spiro atoms. The molecule has 1 N–H and O–H groups in total. The van der Waals surface area contributed by atoms with Crippen LogP contribution >= 0.6 is 0 Å². The summed E-state index contributed by atoms with van der Waals surface area (Å²) >= 11 is 0. The summed E-state index contributed by atoms with van der Waals surface area (Å²) < 4.78 is 5.14. The molecule has 0 radical (unpaired) electrons. The van der Waals surface area contributed by atoms with Crippen LogP contribution in [0.5, 0.6) is 0 Å². The van der Waals surface area contributed by atoms with Crippen LogP contribution in [0.3, 0.4) is 0 Å². The lowest BCUT2D eigenvalue weighted by molar-refractivity contribution is -0.153. The zero-order valence-electron chi connectivity index (χ0n) is 14.0. The van der Waals surface area contributed by atoms with Gasteiger partial charge in [-0.1, -0.05) is 0 Å². The summed E-state index contributed by atoms with van der Waals surface area (Å²) in [5.41, 5.74) is 0. The summed E-state index contributed by atoms with van der Waals surface area (Å²) in [5, 5.41) is 9.54. The Morgan fingerprint density at radius 3 is 2.24 bits per heavy atom. The van der Waals surface area contributed by atoms with E-state index in [0.717, 1.165) is 19.3 Å². The molecule has 2 bridgehead atoms. The van der Waals surface area contributed by atoms with Crippen molar-refractivity contribution in [3.05, 3.63) is 24.2 Å². The third kappa shape index (κ3) is 2.71. The van der Waals surface area contributed by atoms with E-state index >= 15 is 0 Å². The van der Waals surface area contributed by atoms with Crippen molar-refractivity contribution < 1.29 is 23.9 Å². The van der Waals surface area contributed by atoms with Gasteiger partial charge in [0.15, 0.2) is 5.76 Å². The van der Waals surface area contributed by atoms with E-state index in [9.17, 15) is 19.5 Å². The van der Waals surface area contributed by atoms with Crippen molar-refractivity contribution in [2.45, 2.75) is 19.3 Å². The van der Waals surface area contributed by atoms with Gasteiger partial charge in [-0.15, -0.1) is 0 Å². The Hall–Kier alpha value is -2.31. The molecule has 1 aliphatic heterocycles. The minimum Gasteiger partial charge on any atom is -0.481 e. The molecule has 0 aromatic carbocycles. The SMILES string of the molecule is O=C(O)C1C2CCC(C2)C1C(=O)N1CCN(C(=O)c2ccco2)CC1. The first-order chi connectivity index (χ1) is 12.1. The molecule has 4 atom stereocenters. The van der Waals surface area contributed by atoms with Gasteiger partial charge in [-0.05, 0) is 43.2 Å². The van der Waals surface area contributed by atoms with Crippen LogP contribution in [-0.2, 0) is 9.59 Å². The summed E-state index contributed by atoms with van der Waals surface area (Å²) in [4.78, 5) is 40.3. The van der Waals surface area contributed by atoms with Gasteiger partial charge < -0.3 is 19.3 Å². The number of carboxylic acids is 1. The first-order valence-electron chi connectivity index (χ1n) is 8.90. The van der Waals surface area contributed by atoms with Gasteiger partial charge in [0.05, 0.1) is 18.1 Å². The van der Waals surface area contributed by atoms with Gasteiger partial charge in [0.25, 0.3) is 5.91 Å². The van der Waals surface area contributed by atoms with Crippen molar-refractivity contribution in [2.75, 3.05) is 26.2 Å². The van der Waals surface area contributed by atoms with Crippen molar-refractivity contribution in [2.24, 2.45) is 23.7 Å². The Morgan fingerprint density at radius 2 is 1.64 bits per heavy atom. The van der Waals surface area contributed by atoms with Crippen molar-refractivity contribution in [1.82, 2.24) is 9.80 Å². The van der Waals surface area contributed by atoms with Crippen molar-refractivity contribution >= 4 is 17.8 Å². The molecule has 134 valence electrons. The number of nitrogens with zero attached hydrogens (tertiary/aromatic N) is 2. The number of carbonyl (C=O) groups excluding carboxylic acids is 2.